The zero-order valence-corrected chi connectivity index (χ0v) is 12.5. The maximum Gasteiger partial charge on any atom is 0.132 e. The predicted octanol–water partition coefficient (Wildman–Crippen LogP) is 3.93. The molecule has 2 aliphatic rings. The van der Waals surface area contributed by atoms with Crippen molar-refractivity contribution in [3.63, 3.8) is 0 Å². The fourth-order valence-electron chi connectivity index (χ4n) is 2.95. The smallest absolute Gasteiger partial charge is 0.132 e. The molecular formula is C16H31NO. The van der Waals surface area contributed by atoms with Crippen LogP contribution in [0.1, 0.15) is 72.1 Å². The number of carbonyl (C=O) groups excluding carboxylic acids is 1. The fraction of sp³-hybridized carbons (Fsp3) is 0.938. The highest BCUT2D eigenvalue weighted by molar-refractivity contribution is 5.78. The molecule has 0 aromatic carbocycles. The van der Waals surface area contributed by atoms with Gasteiger partial charge in [-0.05, 0) is 57.3 Å². The molecule has 18 heavy (non-hydrogen) atoms. The van der Waals surface area contributed by atoms with E-state index >= 15 is 0 Å². The van der Waals surface area contributed by atoms with Crippen molar-refractivity contribution in [1.29, 1.82) is 0 Å². The molecule has 2 aliphatic carbocycles. The molecule has 106 valence electrons. The molecule has 2 saturated carbocycles. The molecule has 0 radical (unpaired) electrons. The van der Waals surface area contributed by atoms with Crippen LogP contribution in [0.4, 0.5) is 0 Å². The van der Waals surface area contributed by atoms with Crippen LogP contribution in [0.3, 0.4) is 0 Å². The van der Waals surface area contributed by atoms with Gasteiger partial charge in [0.2, 0.25) is 0 Å². The second-order valence-corrected chi connectivity index (χ2v) is 6.59. The molecular weight excluding hydrogens is 222 g/mol. The number of nitrogens with two attached hydrogens (primary N) is 1. The first kappa shape index (κ1) is 15.7. The molecule has 0 saturated heterocycles. The highest BCUT2D eigenvalue weighted by atomic mass is 16.1. The van der Waals surface area contributed by atoms with Gasteiger partial charge in [-0.3, -0.25) is 4.79 Å². The molecule has 2 fully saturated rings. The first-order chi connectivity index (χ1) is 8.49. The van der Waals surface area contributed by atoms with E-state index in [2.05, 4.69) is 13.8 Å². The standard InChI is InChI=1S/C9H16O.C7H15N/c1-7-3-5-9(6-4-7)8(2)10;1-6-2-4-7(8)5-3-6/h7,9H,3-6H2,1-2H3;6-7H,2-5,8H2,1H3. The van der Waals surface area contributed by atoms with Crippen molar-refractivity contribution in [2.24, 2.45) is 23.5 Å². The Morgan fingerprint density at radius 2 is 1.22 bits per heavy atom. The van der Waals surface area contributed by atoms with E-state index in [1.807, 2.05) is 0 Å². The quantitative estimate of drug-likeness (QED) is 0.769. The zero-order chi connectivity index (χ0) is 13.5. The molecule has 2 heteroatoms. The van der Waals surface area contributed by atoms with Gasteiger partial charge in [-0.25, -0.2) is 0 Å². The number of ketones is 1. The Morgan fingerprint density at radius 3 is 1.56 bits per heavy atom. The van der Waals surface area contributed by atoms with Crippen LogP contribution in [0, 0.1) is 17.8 Å². The maximum absolute atomic E-state index is 10.9. The van der Waals surface area contributed by atoms with E-state index in [9.17, 15) is 4.79 Å². The Hall–Kier alpha value is -0.370. The average molecular weight is 253 g/mol. The van der Waals surface area contributed by atoms with Gasteiger partial charge in [0.05, 0.1) is 0 Å². The second-order valence-electron chi connectivity index (χ2n) is 6.59. The lowest BCUT2D eigenvalue weighted by molar-refractivity contribution is -0.121. The van der Waals surface area contributed by atoms with Crippen molar-refractivity contribution < 1.29 is 4.79 Å². The van der Waals surface area contributed by atoms with Gasteiger partial charge in [0, 0.05) is 12.0 Å². The topological polar surface area (TPSA) is 43.1 Å². The number of carbonyl (C=O) groups is 1. The van der Waals surface area contributed by atoms with Crippen LogP contribution >= 0.6 is 0 Å². The third kappa shape index (κ3) is 5.99. The Bertz CT molecular complexity index is 225. The van der Waals surface area contributed by atoms with Crippen molar-refractivity contribution in [3.05, 3.63) is 0 Å². The van der Waals surface area contributed by atoms with E-state index in [1.165, 1.54) is 38.5 Å². The SMILES string of the molecule is CC(=O)C1CCC(C)CC1.CC1CCC(N)CC1. The zero-order valence-electron chi connectivity index (χ0n) is 12.5. The number of rotatable bonds is 1. The summed E-state index contributed by atoms with van der Waals surface area (Å²) < 4.78 is 0. The van der Waals surface area contributed by atoms with E-state index in [1.54, 1.807) is 6.92 Å². The highest BCUT2D eigenvalue weighted by Crippen LogP contribution is 2.28. The summed E-state index contributed by atoms with van der Waals surface area (Å²) in [5.41, 5.74) is 5.70. The van der Waals surface area contributed by atoms with Crippen molar-refractivity contribution >= 4 is 5.78 Å². The number of Topliss-reactive ketones (excluding diaryl/α,β-unsaturated/α-hetero) is 1. The summed E-state index contributed by atoms with van der Waals surface area (Å²) in [6.07, 6.45) is 9.98. The van der Waals surface area contributed by atoms with Crippen molar-refractivity contribution in [2.75, 3.05) is 0 Å². The molecule has 0 bridgehead atoms. The van der Waals surface area contributed by atoms with Gasteiger partial charge in [0.15, 0.2) is 0 Å². The van der Waals surface area contributed by atoms with Gasteiger partial charge < -0.3 is 5.73 Å². The molecule has 0 aromatic rings. The number of hydrogen-bond acceptors (Lipinski definition) is 2. The molecule has 0 amide bonds. The van der Waals surface area contributed by atoms with Crippen LogP contribution in [0.25, 0.3) is 0 Å². The van der Waals surface area contributed by atoms with Crippen LogP contribution < -0.4 is 5.73 Å². The molecule has 0 aliphatic heterocycles. The van der Waals surface area contributed by atoms with E-state index < -0.39 is 0 Å². The minimum atomic E-state index is 0.395. The van der Waals surface area contributed by atoms with Crippen LogP contribution in [-0.4, -0.2) is 11.8 Å². The molecule has 0 atom stereocenters. The van der Waals surface area contributed by atoms with E-state index in [4.69, 9.17) is 5.73 Å². The van der Waals surface area contributed by atoms with E-state index in [-0.39, 0.29) is 0 Å². The monoisotopic (exact) mass is 253 g/mol. The van der Waals surface area contributed by atoms with Gasteiger partial charge in [-0.1, -0.05) is 26.7 Å². The summed E-state index contributed by atoms with van der Waals surface area (Å²) in [6, 6.07) is 0.520. The molecule has 2 nitrogen and oxygen atoms in total. The lowest BCUT2D eigenvalue weighted by atomic mass is 9.81. The summed E-state index contributed by atoms with van der Waals surface area (Å²) in [4.78, 5) is 10.9. The molecule has 2 N–H and O–H groups in total. The van der Waals surface area contributed by atoms with E-state index in [0.29, 0.717) is 17.7 Å². The van der Waals surface area contributed by atoms with Gasteiger partial charge in [0.1, 0.15) is 5.78 Å². The summed E-state index contributed by atoms with van der Waals surface area (Å²) in [7, 11) is 0. The third-order valence-electron chi connectivity index (χ3n) is 4.65. The largest absolute Gasteiger partial charge is 0.328 e. The fourth-order valence-corrected chi connectivity index (χ4v) is 2.95. The summed E-state index contributed by atoms with van der Waals surface area (Å²) in [6.45, 7) is 6.31. The van der Waals surface area contributed by atoms with Gasteiger partial charge in [-0.15, -0.1) is 0 Å². The van der Waals surface area contributed by atoms with Crippen LogP contribution in [0.15, 0.2) is 0 Å². The van der Waals surface area contributed by atoms with Crippen molar-refractivity contribution in [3.8, 4) is 0 Å². The lowest BCUT2D eigenvalue weighted by Gasteiger charge is -2.23. The van der Waals surface area contributed by atoms with Crippen LogP contribution in [0.5, 0.6) is 0 Å². The third-order valence-corrected chi connectivity index (χ3v) is 4.65. The molecule has 0 spiro atoms. The molecule has 2 rings (SSSR count). The Labute approximate surface area is 113 Å². The highest BCUT2D eigenvalue weighted by Gasteiger charge is 2.20. The Balaban J connectivity index is 0.000000184. The first-order valence-corrected chi connectivity index (χ1v) is 7.75. The maximum atomic E-state index is 10.9. The summed E-state index contributed by atoms with van der Waals surface area (Å²) >= 11 is 0. The van der Waals surface area contributed by atoms with Crippen LogP contribution in [0.2, 0.25) is 0 Å². The van der Waals surface area contributed by atoms with Gasteiger partial charge >= 0.3 is 0 Å². The van der Waals surface area contributed by atoms with Crippen molar-refractivity contribution in [1.82, 2.24) is 0 Å². The lowest BCUT2D eigenvalue weighted by Crippen LogP contribution is -2.25. The average Bonchev–Trinajstić information content (AvgIpc) is 2.34. The van der Waals surface area contributed by atoms with Gasteiger partial charge in [0.25, 0.3) is 0 Å². The van der Waals surface area contributed by atoms with Crippen molar-refractivity contribution in [2.45, 2.75) is 78.2 Å². The Kier molecular flexibility index (Phi) is 6.91. The molecule has 0 unspecified atom stereocenters. The first-order valence-electron chi connectivity index (χ1n) is 7.75. The van der Waals surface area contributed by atoms with Gasteiger partial charge in [-0.2, -0.15) is 0 Å². The minimum absolute atomic E-state index is 0.395. The number of hydrogen-bond donors (Lipinski definition) is 1. The molecule has 0 aromatic heterocycles. The minimum Gasteiger partial charge on any atom is -0.328 e. The Morgan fingerprint density at radius 1 is 0.833 bits per heavy atom. The predicted molar refractivity (Wildman–Crippen MR) is 77.4 cm³/mol. The van der Waals surface area contributed by atoms with E-state index in [0.717, 1.165) is 24.7 Å². The summed E-state index contributed by atoms with van der Waals surface area (Å²) in [5.74, 6) is 2.59. The second kappa shape index (κ2) is 7.93. The normalized spacial score (nSPS) is 36.4. The van der Waals surface area contributed by atoms with Crippen LogP contribution in [-0.2, 0) is 4.79 Å². The summed E-state index contributed by atoms with van der Waals surface area (Å²) in [5, 5.41) is 0. The molecule has 0 heterocycles.